The SMILES string of the molecule is COC(=O)c1ccc(C=Cc2ccc(N)cc2C#N)cc1. The van der Waals surface area contributed by atoms with Crippen LogP contribution in [0.2, 0.25) is 0 Å². The number of ether oxygens (including phenoxy) is 1. The van der Waals surface area contributed by atoms with Gasteiger partial charge in [-0.05, 0) is 35.4 Å². The van der Waals surface area contributed by atoms with Crippen LogP contribution in [0.5, 0.6) is 0 Å². The molecule has 21 heavy (non-hydrogen) atoms. The van der Waals surface area contributed by atoms with E-state index in [1.165, 1.54) is 7.11 Å². The van der Waals surface area contributed by atoms with Gasteiger partial charge in [-0.3, -0.25) is 0 Å². The van der Waals surface area contributed by atoms with E-state index in [0.717, 1.165) is 11.1 Å². The number of nitrogen functional groups attached to an aromatic ring is 1. The Morgan fingerprint density at radius 1 is 1.19 bits per heavy atom. The van der Waals surface area contributed by atoms with Gasteiger partial charge in [0.05, 0.1) is 24.3 Å². The van der Waals surface area contributed by atoms with Gasteiger partial charge in [0.2, 0.25) is 0 Å². The Bertz CT molecular complexity index is 725. The Morgan fingerprint density at radius 3 is 2.52 bits per heavy atom. The lowest BCUT2D eigenvalue weighted by atomic mass is 10.1. The van der Waals surface area contributed by atoms with Crippen molar-refractivity contribution in [2.24, 2.45) is 0 Å². The van der Waals surface area contributed by atoms with Gasteiger partial charge in [-0.2, -0.15) is 5.26 Å². The highest BCUT2D eigenvalue weighted by molar-refractivity contribution is 5.89. The number of nitrogens with zero attached hydrogens (tertiary/aromatic N) is 1. The first kappa shape index (κ1) is 14.4. The van der Waals surface area contributed by atoms with Crippen LogP contribution in [0.1, 0.15) is 27.0 Å². The van der Waals surface area contributed by atoms with Gasteiger partial charge in [0.15, 0.2) is 0 Å². The number of nitriles is 1. The van der Waals surface area contributed by atoms with Gasteiger partial charge < -0.3 is 10.5 Å². The summed E-state index contributed by atoms with van der Waals surface area (Å²) in [4.78, 5) is 11.3. The van der Waals surface area contributed by atoms with Crippen molar-refractivity contribution in [1.29, 1.82) is 5.26 Å². The molecule has 0 heterocycles. The van der Waals surface area contributed by atoms with Crippen molar-refractivity contribution in [3.05, 3.63) is 64.7 Å². The molecule has 2 aromatic carbocycles. The zero-order valence-electron chi connectivity index (χ0n) is 11.5. The summed E-state index contributed by atoms with van der Waals surface area (Å²) in [6.45, 7) is 0. The second-order valence-corrected chi connectivity index (χ2v) is 4.41. The molecule has 0 spiro atoms. The molecule has 104 valence electrons. The van der Waals surface area contributed by atoms with Crippen LogP contribution in [0.3, 0.4) is 0 Å². The minimum Gasteiger partial charge on any atom is -0.465 e. The monoisotopic (exact) mass is 278 g/mol. The molecular weight excluding hydrogens is 264 g/mol. The summed E-state index contributed by atoms with van der Waals surface area (Å²) in [5.74, 6) is -0.365. The molecule has 0 atom stereocenters. The third-order valence-corrected chi connectivity index (χ3v) is 2.98. The Kier molecular flexibility index (Phi) is 4.37. The van der Waals surface area contributed by atoms with Crippen molar-refractivity contribution in [3.63, 3.8) is 0 Å². The summed E-state index contributed by atoms with van der Waals surface area (Å²) >= 11 is 0. The molecular formula is C17H14N2O2. The first-order chi connectivity index (χ1) is 10.1. The molecule has 0 aliphatic rings. The number of carbonyl (C=O) groups is 1. The fraction of sp³-hybridized carbons (Fsp3) is 0.0588. The van der Waals surface area contributed by atoms with Gasteiger partial charge >= 0.3 is 5.97 Å². The third-order valence-electron chi connectivity index (χ3n) is 2.98. The van der Waals surface area contributed by atoms with E-state index in [0.29, 0.717) is 16.8 Å². The second-order valence-electron chi connectivity index (χ2n) is 4.41. The number of benzene rings is 2. The predicted octanol–water partition coefficient (Wildman–Crippen LogP) is 3.10. The minimum atomic E-state index is -0.365. The van der Waals surface area contributed by atoms with Gasteiger partial charge in [-0.15, -0.1) is 0 Å². The summed E-state index contributed by atoms with van der Waals surface area (Å²) in [7, 11) is 1.35. The molecule has 0 saturated heterocycles. The van der Waals surface area contributed by atoms with E-state index in [1.807, 2.05) is 24.3 Å². The Morgan fingerprint density at radius 2 is 1.90 bits per heavy atom. The first-order valence-electron chi connectivity index (χ1n) is 6.30. The van der Waals surface area contributed by atoms with Crippen LogP contribution in [0.15, 0.2) is 42.5 Å². The van der Waals surface area contributed by atoms with Crippen molar-refractivity contribution in [1.82, 2.24) is 0 Å². The lowest BCUT2D eigenvalue weighted by Crippen LogP contribution is -2.00. The van der Waals surface area contributed by atoms with Crippen molar-refractivity contribution >= 4 is 23.8 Å². The predicted molar refractivity (Wildman–Crippen MR) is 82.3 cm³/mol. The number of anilines is 1. The normalized spacial score (nSPS) is 10.3. The molecule has 2 rings (SSSR count). The van der Waals surface area contributed by atoms with Crippen molar-refractivity contribution < 1.29 is 9.53 Å². The number of nitrogens with two attached hydrogens (primary N) is 1. The van der Waals surface area contributed by atoms with E-state index >= 15 is 0 Å². The molecule has 0 aromatic heterocycles. The van der Waals surface area contributed by atoms with E-state index in [1.54, 1.807) is 30.3 Å². The molecule has 0 bridgehead atoms. The smallest absolute Gasteiger partial charge is 0.337 e. The fourth-order valence-corrected chi connectivity index (χ4v) is 1.85. The summed E-state index contributed by atoms with van der Waals surface area (Å²) in [6, 6.07) is 14.3. The molecule has 4 heteroatoms. The molecule has 0 fully saturated rings. The van der Waals surface area contributed by atoms with Crippen LogP contribution in [-0.2, 0) is 4.74 Å². The highest BCUT2D eigenvalue weighted by Gasteiger charge is 2.03. The molecule has 0 amide bonds. The average Bonchev–Trinajstić information content (AvgIpc) is 2.53. The Labute approximate surface area is 123 Å². The van der Waals surface area contributed by atoms with Crippen molar-refractivity contribution in [3.8, 4) is 6.07 Å². The van der Waals surface area contributed by atoms with E-state index in [-0.39, 0.29) is 5.97 Å². The lowest BCUT2D eigenvalue weighted by molar-refractivity contribution is 0.0601. The van der Waals surface area contributed by atoms with Gasteiger partial charge in [0.25, 0.3) is 0 Å². The van der Waals surface area contributed by atoms with E-state index < -0.39 is 0 Å². The largest absolute Gasteiger partial charge is 0.465 e. The van der Waals surface area contributed by atoms with Crippen LogP contribution in [0.25, 0.3) is 12.2 Å². The zero-order chi connectivity index (χ0) is 15.2. The van der Waals surface area contributed by atoms with Gasteiger partial charge in [-0.25, -0.2) is 4.79 Å². The van der Waals surface area contributed by atoms with Crippen LogP contribution >= 0.6 is 0 Å². The quantitative estimate of drug-likeness (QED) is 0.531. The summed E-state index contributed by atoms with van der Waals surface area (Å²) in [6.07, 6.45) is 3.71. The second kappa shape index (κ2) is 6.40. The number of methoxy groups -OCH3 is 1. The maximum absolute atomic E-state index is 11.3. The molecule has 0 saturated carbocycles. The lowest BCUT2D eigenvalue weighted by Gasteiger charge is -2.01. The summed E-state index contributed by atoms with van der Waals surface area (Å²) < 4.78 is 4.64. The number of hydrogen-bond acceptors (Lipinski definition) is 4. The maximum Gasteiger partial charge on any atom is 0.337 e. The van der Waals surface area contributed by atoms with E-state index in [2.05, 4.69) is 10.8 Å². The minimum absolute atomic E-state index is 0.365. The van der Waals surface area contributed by atoms with Gasteiger partial charge in [0.1, 0.15) is 0 Å². The standard InChI is InChI=1S/C17H14N2O2/c1-21-17(20)14-6-3-12(4-7-14)2-5-13-8-9-16(19)10-15(13)11-18/h2-10H,19H2,1H3. The first-order valence-corrected chi connectivity index (χ1v) is 6.30. The highest BCUT2D eigenvalue weighted by Crippen LogP contribution is 2.16. The number of esters is 1. The zero-order valence-corrected chi connectivity index (χ0v) is 11.5. The number of hydrogen-bond donors (Lipinski definition) is 1. The molecule has 0 aliphatic heterocycles. The van der Waals surface area contributed by atoms with E-state index in [4.69, 9.17) is 11.0 Å². The summed E-state index contributed by atoms with van der Waals surface area (Å²) in [5.41, 5.74) is 8.95. The van der Waals surface area contributed by atoms with Crippen LogP contribution < -0.4 is 5.73 Å². The Balaban J connectivity index is 2.22. The molecule has 2 N–H and O–H groups in total. The summed E-state index contributed by atoms with van der Waals surface area (Å²) in [5, 5.41) is 9.07. The average molecular weight is 278 g/mol. The molecule has 0 radical (unpaired) electrons. The molecule has 0 aliphatic carbocycles. The molecule has 2 aromatic rings. The fourth-order valence-electron chi connectivity index (χ4n) is 1.85. The number of rotatable bonds is 3. The highest BCUT2D eigenvalue weighted by atomic mass is 16.5. The Hall–Kier alpha value is -3.06. The van der Waals surface area contributed by atoms with Crippen LogP contribution in [0, 0.1) is 11.3 Å². The van der Waals surface area contributed by atoms with E-state index in [9.17, 15) is 4.79 Å². The van der Waals surface area contributed by atoms with Crippen LogP contribution in [0.4, 0.5) is 5.69 Å². The molecule has 4 nitrogen and oxygen atoms in total. The van der Waals surface area contributed by atoms with Crippen molar-refractivity contribution in [2.75, 3.05) is 12.8 Å². The van der Waals surface area contributed by atoms with Gasteiger partial charge in [0, 0.05) is 5.69 Å². The van der Waals surface area contributed by atoms with Crippen LogP contribution in [-0.4, -0.2) is 13.1 Å². The number of carbonyl (C=O) groups excluding carboxylic acids is 1. The third kappa shape index (κ3) is 3.48. The topological polar surface area (TPSA) is 76.1 Å². The molecule has 0 unspecified atom stereocenters. The maximum atomic E-state index is 11.3. The van der Waals surface area contributed by atoms with Gasteiger partial charge in [-0.1, -0.05) is 30.4 Å². The van der Waals surface area contributed by atoms with Crippen molar-refractivity contribution in [2.45, 2.75) is 0 Å².